The molecule has 0 saturated heterocycles. The Morgan fingerprint density at radius 2 is 1.94 bits per heavy atom. The molecular formula is C16H25NO. The van der Waals surface area contributed by atoms with E-state index in [0.717, 1.165) is 5.75 Å². The van der Waals surface area contributed by atoms with Crippen molar-refractivity contribution in [3.05, 3.63) is 29.3 Å². The highest BCUT2D eigenvalue weighted by Crippen LogP contribution is 2.27. The second-order valence-electron chi connectivity index (χ2n) is 5.41. The van der Waals surface area contributed by atoms with Crippen LogP contribution < -0.4 is 10.1 Å². The van der Waals surface area contributed by atoms with Crippen LogP contribution in [0.3, 0.4) is 0 Å². The Kier molecular flexibility index (Phi) is 4.65. The Balaban J connectivity index is 2.04. The van der Waals surface area contributed by atoms with Crippen LogP contribution in [0.2, 0.25) is 0 Å². The van der Waals surface area contributed by atoms with Crippen LogP contribution in [-0.2, 0) is 0 Å². The van der Waals surface area contributed by atoms with Crippen LogP contribution in [0, 0.1) is 6.92 Å². The molecule has 2 nitrogen and oxygen atoms in total. The molecular weight excluding hydrogens is 222 g/mol. The predicted octanol–water partition coefficient (Wildman–Crippen LogP) is 3.99. The van der Waals surface area contributed by atoms with E-state index in [2.05, 4.69) is 37.4 Å². The molecule has 0 bridgehead atoms. The molecule has 1 aliphatic carbocycles. The lowest BCUT2D eigenvalue weighted by molar-refractivity contribution is 0.154. The Morgan fingerprint density at radius 3 is 2.56 bits per heavy atom. The standard InChI is InChI=1S/C16H25NO/c1-12-11-14(13(2)17-3)9-10-16(12)18-15-7-5-4-6-8-15/h9-11,13,15,17H,4-8H2,1-3H3. The first-order valence-corrected chi connectivity index (χ1v) is 7.15. The van der Waals surface area contributed by atoms with E-state index in [0.29, 0.717) is 12.1 Å². The third-order valence-corrected chi connectivity index (χ3v) is 3.98. The van der Waals surface area contributed by atoms with Crippen LogP contribution in [0.15, 0.2) is 18.2 Å². The fraction of sp³-hybridized carbons (Fsp3) is 0.625. The molecule has 18 heavy (non-hydrogen) atoms. The molecule has 0 aromatic heterocycles. The second-order valence-corrected chi connectivity index (χ2v) is 5.41. The van der Waals surface area contributed by atoms with Gasteiger partial charge >= 0.3 is 0 Å². The van der Waals surface area contributed by atoms with Gasteiger partial charge in [-0.1, -0.05) is 18.6 Å². The Labute approximate surface area is 111 Å². The van der Waals surface area contributed by atoms with Crippen LogP contribution in [0.4, 0.5) is 0 Å². The summed E-state index contributed by atoms with van der Waals surface area (Å²) in [5, 5.41) is 3.27. The van der Waals surface area contributed by atoms with Gasteiger partial charge in [0.15, 0.2) is 0 Å². The number of nitrogens with one attached hydrogen (secondary N) is 1. The van der Waals surface area contributed by atoms with E-state index in [-0.39, 0.29) is 0 Å². The van der Waals surface area contributed by atoms with Crippen molar-refractivity contribution in [2.75, 3.05) is 7.05 Å². The van der Waals surface area contributed by atoms with Gasteiger partial charge in [-0.2, -0.15) is 0 Å². The largest absolute Gasteiger partial charge is 0.490 e. The lowest BCUT2D eigenvalue weighted by Crippen LogP contribution is -2.20. The van der Waals surface area contributed by atoms with Gasteiger partial charge in [-0.3, -0.25) is 0 Å². The highest BCUT2D eigenvalue weighted by molar-refractivity contribution is 5.37. The molecule has 0 spiro atoms. The molecule has 1 unspecified atom stereocenters. The third-order valence-electron chi connectivity index (χ3n) is 3.98. The minimum atomic E-state index is 0.396. The van der Waals surface area contributed by atoms with Gasteiger partial charge in [0.2, 0.25) is 0 Å². The first-order valence-electron chi connectivity index (χ1n) is 7.15. The molecule has 1 aliphatic rings. The minimum Gasteiger partial charge on any atom is -0.490 e. The van der Waals surface area contributed by atoms with Gasteiger partial charge in [0, 0.05) is 6.04 Å². The lowest BCUT2D eigenvalue weighted by Gasteiger charge is -2.24. The normalized spacial score (nSPS) is 18.6. The molecule has 1 saturated carbocycles. The summed E-state index contributed by atoms with van der Waals surface area (Å²) in [7, 11) is 1.99. The van der Waals surface area contributed by atoms with Gasteiger partial charge < -0.3 is 10.1 Å². The van der Waals surface area contributed by atoms with E-state index in [1.54, 1.807) is 0 Å². The van der Waals surface area contributed by atoms with Gasteiger partial charge in [0.1, 0.15) is 5.75 Å². The summed E-state index contributed by atoms with van der Waals surface area (Å²) in [5.74, 6) is 1.06. The zero-order valence-corrected chi connectivity index (χ0v) is 11.8. The highest BCUT2D eigenvalue weighted by atomic mass is 16.5. The topological polar surface area (TPSA) is 21.3 Å². The molecule has 1 N–H and O–H groups in total. The molecule has 1 atom stereocenters. The maximum Gasteiger partial charge on any atom is 0.122 e. The summed E-state index contributed by atoms with van der Waals surface area (Å²) in [4.78, 5) is 0. The maximum absolute atomic E-state index is 6.13. The molecule has 2 rings (SSSR count). The molecule has 2 heteroatoms. The predicted molar refractivity (Wildman–Crippen MR) is 76.2 cm³/mol. The van der Waals surface area contributed by atoms with E-state index in [4.69, 9.17) is 4.74 Å². The Hall–Kier alpha value is -1.02. The SMILES string of the molecule is CNC(C)c1ccc(OC2CCCCC2)c(C)c1. The average Bonchev–Trinajstić information content (AvgIpc) is 2.41. The molecule has 0 amide bonds. The summed E-state index contributed by atoms with van der Waals surface area (Å²) in [6.07, 6.45) is 6.88. The minimum absolute atomic E-state index is 0.396. The van der Waals surface area contributed by atoms with Crippen molar-refractivity contribution >= 4 is 0 Å². The summed E-state index contributed by atoms with van der Waals surface area (Å²) >= 11 is 0. The van der Waals surface area contributed by atoms with Gasteiger partial charge in [-0.15, -0.1) is 0 Å². The summed E-state index contributed by atoms with van der Waals surface area (Å²) in [5.41, 5.74) is 2.58. The summed E-state index contributed by atoms with van der Waals surface area (Å²) < 4.78 is 6.13. The van der Waals surface area contributed by atoms with Crippen molar-refractivity contribution in [2.45, 2.75) is 58.1 Å². The van der Waals surface area contributed by atoms with E-state index in [9.17, 15) is 0 Å². The number of ether oxygens (including phenoxy) is 1. The molecule has 1 fully saturated rings. The van der Waals surface area contributed by atoms with Crippen molar-refractivity contribution in [1.29, 1.82) is 0 Å². The maximum atomic E-state index is 6.13. The van der Waals surface area contributed by atoms with Gasteiger partial charge in [-0.25, -0.2) is 0 Å². The van der Waals surface area contributed by atoms with E-state index in [1.807, 2.05) is 7.05 Å². The molecule has 0 radical (unpaired) electrons. The van der Waals surface area contributed by atoms with E-state index < -0.39 is 0 Å². The first-order chi connectivity index (χ1) is 8.70. The summed E-state index contributed by atoms with van der Waals surface area (Å²) in [6.45, 7) is 4.32. The first kappa shape index (κ1) is 13.4. The number of benzene rings is 1. The Bertz CT molecular complexity index is 383. The zero-order chi connectivity index (χ0) is 13.0. The number of rotatable bonds is 4. The fourth-order valence-corrected chi connectivity index (χ4v) is 2.60. The van der Waals surface area contributed by atoms with E-state index >= 15 is 0 Å². The van der Waals surface area contributed by atoms with Gasteiger partial charge in [-0.05, 0) is 63.8 Å². The summed E-state index contributed by atoms with van der Waals surface area (Å²) in [6, 6.07) is 6.94. The number of hydrogen-bond donors (Lipinski definition) is 1. The van der Waals surface area contributed by atoms with Gasteiger partial charge in [0.25, 0.3) is 0 Å². The lowest BCUT2D eigenvalue weighted by atomic mass is 9.97. The number of hydrogen-bond acceptors (Lipinski definition) is 2. The number of aryl methyl sites for hydroxylation is 1. The molecule has 100 valence electrons. The molecule has 1 aromatic rings. The molecule has 0 aliphatic heterocycles. The van der Waals surface area contributed by atoms with Crippen molar-refractivity contribution in [3.8, 4) is 5.75 Å². The molecule has 0 heterocycles. The monoisotopic (exact) mass is 247 g/mol. The van der Waals surface area contributed by atoms with Crippen molar-refractivity contribution in [1.82, 2.24) is 5.32 Å². The average molecular weight is 247 g/mol. The highest BCUT2D eigenvalue weighted by Gasteiger charge is 2.16. The van der Waals surface area contributed by atoms with Crippen molar-refractivity contribution < 1.29 is 4.74 Å². The molecule has 1 aromatic carbocycles. The zero-order valence-electron chi connectivity index (χ0n) is 11.8. The third kappa shape index (κ3) is 3.26. The Morgan fingerprint density at radius 1 is 1.22 bits per heavy atom. The fourth-order valence-electron chi connectivity index (χ4n) is 2.60. The van der Waals surface area contributed by atoms with Gasteiger partial charge in [0.05, 0.1) is 6.10 Å². The quantitative estimate of drug-likeness (QED) is 0.868. The van der Waals surface area contributed by atoms with Crippen molar-refractivity contribution in [2.24, 2.45) is 0 Å². The van der Waals surface area contributed by atoms with Crippen LogP contribution in [0.1, 0.15) is 56.2 Å². The van der Waals surface area contributed by atoms with Crippen LogP contribution in [0.25, 0.3) is 0 Å². The second kappa shape index (κ2) is 6.24. The van der Waals surface area contributed by atoms with Crippen molar-refractivity contribution in [3.63, 3.8) is 0 Å². The van der Waals surface area contributed by atoms with Crippen LogP contribution >= 0.6 is 0 Å². The van der Waals surface area contributed by atoms with E-state index in [1.165, 1.54) is 43.2 Å². The van der Waals surface area contributed by atoms with Crippen LogP contribution in [-0.4, -0.2) is 13.2 Å². The van der Waals surface area contributed by atoms with Crippen LogP contribution in [0.5, 0.6) is 5.75 Å². The smallest absolute Gasteiger partial charge is 0.122 e.